The van der Waals surface area contributed by atoms with Crippen molar-refractivity contribution < 1.29 is 39.6 Å². The highest BCUT2D eigenvalue weighted by Gasteiger charge is 2.14. The third-order valence-corrected chi connectivity index (χ3v) is 7.90. The van der Waals surface area contributed by atoms with Gasteiger partial charge in [-0.1, -0.05) is 43.2 Å². The molecule has 16 heteroatoms. The fraction of sp³-hybridized carbons (Fsp3) is 0.714. The third kappa shape index (κ3) is 19.1. The van der Waals surface area contributed by atoms with E-state index in [4.69, 9.17) is 43.4 Å². The zero-order valence-electron chi connectivity index (χ0n) is 15.9. The molecule has 30 heavy (non-hydrogen) atoms. The van der Waals surface area contributed by atoms with Crippen LogP contribution in [-0.2, 0) is 19.2 Å². The van der Waals surface area contributed by atoms with Gasteiger partial charge in [-0.2, -0.15) is 0 Å². The van der Waals surface area contributed by atoms with E-state index in [0.717, 1.165) is 0 Å². The second-order valence-electron chi connectivity index (χ2n) is 5.57. The van der Waals surface area contributed by atoms with Crippen molar-refractivity contribution in [3.8, 4) is 0 Å². The van der Waals surface area contributed by atoms with Crippen LogP contribution in [0.2, 0.25) is 0 Å². The Morgan fingerprint density at radius 2 is 0.800 bits per heavy atom. The summed E-state index contributed by atoms with van der Waals surface area (Å²) in [6, 6.07) is -3.49. The molecule has 0 rings (SSSR count). The van der Waals surface area contributed by atoms with Gasteiger partial charge in [0.05, 0.1) is 0 Å². The maximum Gasteiger partial charge on any atom is 0.321 e. The van der Waals surface area contributed by atoms with E-state index in [2.05, 4.69) is 0 Å². The van der Waals surface area contributed by atoms with E-state index in [1.54, 1.807) is 0 Å². The molecule has 0 aliphatic rings. The minimum absolute atomic E-state index is 0.229. The highest BCUT2D eigenvalue weighted by Crippen LogP contribution is 2.23. The highest BCUT2D eigenvalue weighted by molar-refractivity contribution is 8.77. The number of nitrogens with two attached hydrogens (primary N) is 4. The van der Waals surface area contributed by atoms with Crippen molar-refractivity contribution in [1.29, 1.82) is 0 Å². The van der Waals surface area contributed by atoms with Crippen LogP contribution in [0.5, 0.6) is 0 Å². The molecule has 0 unspecified atom stereocenters. The average Bonchev–Trinajstić information content (AvgIpc) is 2.66. The van der Waals surface area contributed by atoms with Crippen molar-refractivity contribution in [2.45, 2.75) is 37.0 Å². The summed E-state index contributed by atoms with van der Waals surface area (Å²) in [5.74, 6) is -2.43. The summed E-state index contributed by atoms with van der Waals surface area (Å²) in [4.78, 5) is 41.3. The first-order valence-corrected chi connectivity index (χ1v) is 13.3. The van der Waals surface area contributed by atoms with Crippen molar-refractivity contribution >= 4 is 67.1 Å². The molecule has 12 nitrogen and oxygen atoms in total. The monoisotopic (exact) mass is 508 g/mol. The molecule has 0 spiro atoms. The lowest BCUT2D eigenvalue weighted by atomic mass is 10.2. The van der Waals surface area contributed by atoms with Crippen LogP contribution in [0.4, 0.5) is 0 Å². The minimum atomic E-state index is -1.07. The molecule has 176 valence electrons. The molecule has 0 aromatic carbocycles. The fourth-order valence-electron chi connectivity index (χ4n) is 1.10. The van der Waals surface area contributed by atoms with Crippen molar-refractivity contribution in [3.05, 3.63) is 0 Å². The van der Waals surface area contributed by atoms with Gasteiger partial charge in [0.1, 0.15) is 24.2 Å². The first kappa shape index (κ1) is 31.3. The van der Waals surface area contributed by atoms with Crippen LogP contribution in [0.3, 0.4) is 0 Å². The predicted octanol–water partition coefficient (Wildman–Crippen LogP) is -0.837. The summed E-state index contributed by atoms with van der Waals surface area (Å²) < 4.78 is 0. The van der Waals surface area contributed by atoms with E-state index in [1.807, 2.05) is 0 Å². The van der Waals surface area contributed by atoms with Crippen LogP contribution < -0.4 is 22.9 Å². The molecule has 12 N–H and O–H groups in total. The standard InChI is InChI=1S/C8H16N2O4S2.C6H12N2O4S2/c9-5(7(11)12)1-3-15-16-4-2-6(10)8(13)14;7-3(5(9)10)1-13-14-2-4(8)6(11)12/h5-6H,1-4,9-10H2,(H,11,12)(H,13,14);3-4H,1-2,7-8H2,(H,9,10)(H,11,12)/t5-,6-;3-,4-/m00/s1. The molecular weight excluding hydrogens is 480 g/mol. The summed E-state index contributed by atoms with van der Waals surface area (Å²) in [7, 11) is 5.36. The largest absolute Gasteiger partial charge is 0.480 e. The summed E-state index contributed by atoms with van der Waals surface area (Å²) in [5, 5.41) is 33.8. The molecule has 0 saturated heterocycles. The molecule has 0 aromatic heterocycles. The summed E-state index contributed by atoms with van der Waals surface area (Å²) in [5.41, 5.74) is 21.0. The van der Waals surface area contributed by atoms with Crippen LogP contribution in [0.1, 0.15) is 12.8 Å². The van der Waals surface area contributed by atoms with Crippen LogP contribution in [-0.4, -0.2) is 91.5 Å². The Morgan fingerprint density at radius 1 is 0.533 bits per heavy atom. The summed E-state index contributed by atoms with van der Waals surface area (Å²) in [6.45, 7) is 0. The molecule has 4 atom stereocenters. The van der Waals surface area contributed by atoms with Gasteiger partial charge in [-0.3, -0.25) is 19.2 Å². The number of carboxylic acid groups (broad SMARTS) is 4. The van der Waals surface area contributed by atoms with Gasteiger partial charge in [0.25, 0.3) is 0 Å². The molecule has 0 amide bonds. The molecular formula is C14H28N4O8S4. The van der Waals surface area contributed by atoms with Gasteiger partial charge in [0.2, 0.25) is 0 Å². The maximum atomic E-state index is 10.4. The quantitative estimate of drug-likeness (QED) is 0.0933. The molecule has 0 aromatic rings. The van der Waals surface area contributed by atoms with Crippen molar-refractivity contribution in [2.24, 2.45) is 22.9 Å². The first-order valence-electron chi connectivity index (χ1n) is 8.32. The van der Waals surface area contributed by atoms with Crippen molar-refractivity contribution in [2.75, 3.05) is 23.0 Å². The van der Waals surface area contributed by atoms with Crippen LogP contribution in [0, 0.1) is 0 Å². The average molecular weight is 509 g/mol. The molecule has 0 bridgehead atoms. The van der Waals surface area contributed by atoms with E-state index < -0.39 is 48.0 Å². The van der Waals surface area contributed by atoms with Crippen LogP contribution >= 0.6 is 43.2 Å². The SMILES string of the molecule is N[C@@H](CCSSCC[C@H](N)C(=O)O)C(=O)O.N[C@@H](CSSC[C@H](N)C(=O)O)C(=O)O. The minimum Gasteiger partial charge on any atom is -0.480 e. The first-order chi connectivity index (χ1) is 13.9. The normalized spacial score (nSPS) is 14.5. The molecule has 0 saturated carbocycles. The predicted molar refractivity (Wildman–Crippen MR) is 122 cm³/mol. The van der Waals surface area contributed by atoms with Gasteiger partial charge >= 0.3 is 23.9 Å². The second kappa shape index (κ2) is 18.9. The topological polar surface area (TPSA) is 253 Å². The van der Waals surface area contributed by atoms with Crippen LogP contribution in [0.25, 0.3) is 0 Å². The lowest BCUT2D eigenvalue weighted by Crippen LogP contribution is -2.33. The van der Waals surface area contributed by atoms with E-state index in [1.165, 1.54) is 43.2 Å². The molecule has 0 radical (unpaired) electrons. The Morgan fingerprint density at radius 3 is 1.03 bits per heavy atom. The number of rotatable bonds is 16. The Hall–Kier alpha value is -0.880. The van der Waals surface area contributed by atoms with Crippen molar-refractivity contribution in [1.82, 2.24) is 0 Å². The van der Waals surface area contributed by atoms with E-state index in [-0.39, 0.29) is 11.5 Å². The fourth-order valence-corrected chi connectivity index (χ4v) is 5.55. The van der Waals surface area contributed by atoms with Gasteiger partial charge in [0, 0.05) is 23.0 Å². The summed E-state index contributed by atoms with van der Waals surface area (Å²) >= 11 is 0. The Bertz CT molecular complexity index is 500. The van der Waals surface area contributed by atoms with E-state index in [9.17, 15) is 19.2 Å². The van der Waals surface area contributed by atoms with E-state index >= 15 is 0 Å². The number of hydrogen-bond donors (Lipinski definition) is 8. The number of carboxylic acids is 4. The molecule has 0 aliphatic heterocycles. The lowest BCUT2D eigenvalue weighted by molar-refractivity contribution is -0.139. The molecule has 0 fully saturated rings. The Balaban J connectivity index is 0. The second-order valence-corrected chi connectivity index (χ2v) is 10.8. The lowest BCUT2D eigenvalue weighted by Gasteiger charge is -2.07. The molecule has 0 aliphatic carbocycles. The zero-order valence-corrected chi connectivity index (χ0v) is 19.2. The van der Waals surface area contributed by atoms with Gasteiger partial charge in [-0.25, -0.2) is 0 Å². The van der Waals surface area contributed by atoms with Gasteiger partial charge in [0.15, 0.2) is 0 Å². The smallest absolute Gasteiger partial charge is 0.321 e. The van der Waals surface area contributed by atoms with Crippen LogP contribution in [0.15, 0.2) is 0 Å². The summed E-state index contributed by atoms with van der Waals surface area (Å²) in [6.07, 6.45) is 0.802. The third-order valence-electron chi connectivity index (χ3n) is 2.96. The van der Waals surface area contributed by atoms with Gasteiger partial charge in [-0.15, -0.1) is 0 Å². The maximum absolute atomic E-state index is 10.4. The van der Waals surface area contributed by atoms with Gasteiger partial charge < -0.3 is 43.4 Å². The number of hydrogen-bond acceptors (Lipinski definition) is 12. The van der Waals surface area contributed by atoms with E-state index in [0.29, 0.717) is 24.3 Å². The highest BCUT2D eigenvalue weighted by atomic mass is 33.1. The number of aliphatic carboxylic acids is 4. The van der Waals surface area contributed by atoms with Crippen molar-refractivity contribution in [3.63, 3.8) is 0 Å². The molecule has 0 heterocycles. The van der Waals surface area contributed by atoms with Gasteiger partial charge in [-0.05, 0) is 12.8 Å². The Labute approximate surface area is 189 Å². The Kier molecular flexibility index (Phi) is 19.7. The zero-order chi connectivity index (χ0) is 23.7. The number of carbonyl (C=O) groups is 4.